The van der Waals surface area contributed by atoms with Crippen LogP contribution in [-0.4, -0.2) is 23.8 Å². The van der Waals surface area contributed by atoms with E-state index in [-0.39, 0.29) is 23.8 Å². The number of carboxylic acids is 1. The number of benzene rings is 1. The lowest BCUT2D eigenvalue weighted by Gasteiger charge is -2.22. The largest absolute Gasteiger partial charge is 0.548 e. The second-order valence-corrected chi connectivity index (χ2v) is 6.52. The molecule has 2 rings (SSSR count). The highest BCUT2D eigenvalue weighted by molar-refractivity contribution is 6.05. The van der Waals surface area contributed by atoms with Crippen molar-refractivity contribution < 1.29 is 28.3 Å². The molecule has 1 aromatic carbocycles. The maximum absolute atomic E-state index is 13.1. The molecule has 0 saturated heterocycles. The summed E-state index contributed by atoms with van der Waals surface area (Å²) in [5.41, 5.74) is 0.211. The molecule has 1 atom stereocenters. The molecule has 2 aromatic rings. The van der Waals surface area contributed by atoms with E-state index in [9.17, 15) is 23.9 Å². The van der Waals surface area contributed by atoms with Crippen molar-refractivity contribution in [2.45, 2.75) is 26.3 Å². The van der Waals surface area contributed by atoms with Crippen molar-refractivity contribution in [1.82, 2.24) is 10.6 Å². The monoisotopic (exact) mass is 387 g/mol. The van der Waals surface area contributed by atoms with E-state index in [0.29, 0.717) is 5.56 Å². The summed E-state index contributed by atoms with van der Waals surface area (Å²) in [6, 6.07) is 6.89. The summed E-state index contributed by atoms with van der Waals surface area (Å²) in [6.45, 7) is 3.60. The predicted octanol–water partition coefficient (Wildman–Crippen LogP) is 1.47. The van der Waals surface area contributed by atoms with E-state index in [1.165, 1.54) is 48.7 Å². The smallest absolute Gasteiger partial charge is 0.291 e. The van der Waals surface area contributed by atoms with Gasteiger partial charge in [0.15, 0.2) is 5.76 Å². The molecule has 0 fully saturated rings. The van der Waals surface area contributed by atoms with Crippen molar-refractivity contribution in [3.8, 4) is 0 Å². The van der Waals surface area contributed by atoms with E-state index in [4.69, 9.17) is 4.42 Å². The summed E-state index contributed by atoms with van der Waals surface area (Å²) in [6.07, 6.45) is 2.76. The first-order valence-corrected chi connectivity index (χ1v) is 8.60. The fraction of sp³-hybridized carbons (Fsp3) is 0.250. The molecule has 1 aromatic heterocycles. The molecule has 148 valence electrons. The van der Waals surface area contributed by atoms with Gasteiger partial charge in [-0.1, -0.05) is 26.0 Å². The van der Waals surface area contributed by atoms with Crippen LogP contribution in [0.4, 0.5) is 4.39 Å². The van der Waals surface area contributed by atoms with Crippen molar-refractivity contribution in [3.63, 3.8) is 0 Å². The molecule has 0 radical (unpaired) electrons. The second-order valence-electron chi connectivity index (χ2n) is 6.52. The van der Waals surface area contributed by atoms with Gasteiger partial charge in [0.05, 0.1) is 18.3 Å². The Balaban J connectivity index is 2.28. The van der Waals surface area contributed by atoms with Crippen LogP contribution in [0.15, 0.2) is 52.8 Å². The lowest BCUT2D eigenvalue weighted by atomic mass is 10.0. The average molecular weight is 387 g/mol. The summed E-state index contributed by atoms with van der Waals surface area (Å²) in [5, 5.41) is 16.0. The molecular formula is C20H20FN2O5-. The third kappa shape index (κ3) is 6.08. The maximum atomic E-state index is 13.1. The van der Waals surface area contributed by atoms with E-state index >= 15 is 0 Å². The Bertz CT molecular complexity index is 857. The molecule has 0 saturated carbocycles. The SMILES string of the molecule is CC(C)C[C@H](NC(=O)/C(=C/c1ccc(F)cc1)NC(=O)c1ccco1)C(=O)[O-]. The average Bonchev–Trinajstić information content (AvgIpc) is 3.16. The highest BCUT2D eigenvalue weighted by atomic mass is 19.1. The van der Waals surface area contributed by atoms with E-state index in [1.54, 1.807) is 13.8 Å². The fourth-order valence-corrected chi connectivity index (χ4v) is 2.40. The Morgan fingerprint density at radius 1 is 1.18 bits per heavy atom. The summed E-state index contributed by atoms with van der Waals surface area (Å²) in [5.74, 6) is -3.44. The summed E-state index contributed by atoms with van der Waals surface area (Å²) < 4.78 is 18.1. The highest BCUT2D eigenvalue weighted by Crippen LogP contribution is 2.10. The minimum absolute atomic E-state index is 0.00885. The molecule has 2 amide bonds. The van der Waals surface area contributed by atoms with Gasteiger partial charge >= 0.3 is 0 Å². The van der Waals surface area contributed by atoms with Crippen LogP contribution >= 0.6 is 0 Å². The van der Waals surface area contributed by atoms with Gasteiger partial charge < -0.3 is 25.0 Å². The lowest BCUT2D eigenvalue weighted by Crippen LogP contribution is -2.50. The molecule has 2 N–H and O–H groups in total. The van der Waals surface area contributed by atoms with E-state index in [2.05, 4.69) is 10.6 Å². The fourth-order valence-electron chi connectivity index (χ4n) is 2.40. The Morgan fingerprint density at radius 3 is 2.39 bits per heavy atom. The van der Waals surface area contributed by atoms with Crippen LogP contribution in [0.2, 0.25) is 0 Å². The summed E-state index contributed by atoms with van der Waals surface area (Å²) >= 11 is 0. The lowest BCUT2D eigenvalue weighted by molar-refractivity contribution is -0.308. The quantitative estimate of drug-likeness (QED) is 0.667. The zero-order valence-corrected chi connectivity index (χ0v) is 15.4. The van der Waals surface area contributed by atoms with Crippen molar-refractivity contribution >= 4 is 23.9 Å². The van der Waals surface area contributed by atoms with Crippen LogP contribution in [0.3, 0.4) is 0 Å². The van der Waals surface area contributed by atoms with Crippen LogP contribution in [0.5, 0.6) is 0 Å². The minimum Gasteiger partial charge on any atom is -0.548 e. The standard InChI is InChI=1S/C20H21FN2O5/c1-12(2)10-16(20(26)27)23-18(24)15(11-13-5-7-14(21)8-6-13)22-19(25)17-4-3-9-28-17/h3-9,11-12,16H,10H2,1-2H3,(H,22,25)(H,23,24)(H,26,27)/p-1/b15-11-/t16-/m0/s1. The van der Waals surface area contributed by atoms with Gasteiger partial charge in [-0.05, 0) is 48.2 Å². The summed E-state index contributed by atoms with van der Waals surface area (Å²) in [7, 11) is 0. The van der Waals surface area contributed by atoms with Crippen molar-refractivity contribution in [1.29, 1.82) is 0 Å². The van der Waals surface area contributed by atoms with Crippen molar-refractivity contribution in [3.05, 3.63) is 65.5 Å². The number of carbonyl (C=O) groups excluding carboxylic acids is 3. The van der Waals surface area contributed by atoms with Gasteiger partial charge in [-0.2, -0.15) is 0 Å². The number of halogens is 1. The third-order valence-corrected chi connectivity index (χ3v) is 3.72. The number of hydrogen-bond acceptors (Lipinski definition) is 5. The molecule has 0 bridgehead atoms. The van der Waals surface area contributed by atoms with Crippen LogP contribution in [0.25, 0.3) is 6.08 Å². The maximum Gasteiger partial charge on any atom is 0.291 e. The molecule has 1 heterocycles. The normalized spacial score (nSPS) is 12.5. The first-order chi connectivity index (χ1) is 13.3. The van der Waals surface area contributed by atoms with Gasteiger partial charge in [-0.3, -0.25) is 9.59 Å². The molecule has 0 unspecified atom stereocenters. The highest BCUT2D eigenvalue weighted by Gasteiger charge is 2.21. The number of carboxylic acid groups (broad SMARTS) is 1. The van der Waals surface area contributed by atoms with Crippen LogP contribution in [-0.2, 0) is 9.59 Å². The molecular weight excluding hydrogens is 367 g/mol. The number of rotatable bonds is 8. The number of nitrogens with one attached hydrogen (secondary N) is 2. The number of amides is 2. The first kappa shape index (κ1) is 20.9. The van der Waals surface area contributed by atoms with Gasteiger partial charge in [0.1, 0.15) is 11.5 Å². The zero-order valence-electron chi connectivity index (χ0n) is 15.4. The van der Waals surface area contributed by atoms with Crippen molar-refractivity contribution in [2.75, 3.05) is 0 Å². The Labute approximate surface area is 161 Å². The van der Waals surface area contributed by atoms with Gasteiger partial charge in [-0.15, -0.1) is 0 Å². The summed E-state index contributed by atoms with van der Waals surface area (Å²) in [4.78, 5) is 36.2. The van der Waals surface area contributed by atoms with Gasteiger partial charge in [0.2, 0.25) is 0 Å². The van der Waals surface area contributed by atoms with E-state index < -0.39 is 29.6 Å². The van der Waals surface area contributed by atoms with Crippen LogP contribution < -0.4 is 15.7 Å². The number of furan rings is 1. The number of aliphatic carboxylic acids is 1. The van der Waals surface area contributed by atoms with Crippen LogP contribution in [0.1, 0.15) is 36.4 Å². The molecule has 8 heteroatoms. The Kier molecular flexibility index (Phi) is 7.08. The molecule has 7 nitrogen and oxygen atoms in total. The second kappa shape index (κ2) is 9.50. The van der Waals surface area contributed by atoms with Crippen molar-refractivity contribution in [2.24, 2.45) is 5.92 Å². The minimum atomic E-state index is -1.43. The van der Waals surface area contributed by atoms with Gasteiger partial charge in [0, 0.05) is 0 Å². The Hall–Kier alpha value is -3.42. The van der Waals surface area contributed by atoms with Gasteiger partial charge in [0.25, 0.3) is 11.8 Å². The van der Waals surface area contributed by atoms with E-state index in [1.807, 2.05) is 0 Å². The molecule has 0 spiro atoms. The topological polar surface area (TPSA) is 111 Å². The van der Waals surface area contributed by atoms with Crippen LogP contribution in [0, 0.1) is 11.7 Å². The molecule has 0 aliphatic rings. The molecule has 0 aliphatic carbocycles. The number of carbonyl (C=O) groups is 3. The molecule has 28 heavy (non-hydrogen) atoms. The third-order valence-electron chi connectivity index (χ3n) is 3.72. The number of hydrogen-bond donors (Lipinski definition) is 2. The Morgan fingerprint density at radius 2 is 1.86 bits per heavy atom. The zero-order chi connectivity index (χ0) is 20.7. The molecule has 0 aliphatic heterocycles. The first-order valence-electron chi connectivity index (χ1n) is 8.60. The predicted molar refractivity (Wildman–Crippen MR) is 96.9 cm³/mol. The van der Waals surface area contributed by atoms with E-state index in [0.717, 1.165) is 0 Å². The van der Waals surface area contributed by atoms with Gasteiger partial charge in [-0.25, -0.2) is 4.39 Å².